The van der Waals surface area contributed by atoms with Crippen molar-refractivity contribution < 1.29 is 4.79 Å². The molecule has 19 heavy (non-hydrogen) atoms. The highest BCUT2D eigenvalue weighted by Gasteiger charge is 2.02. The minimum atomic E-state index is 0.123. The van der Waals surface area contributed by atoms with Gasteiger partial charge in [0.25, 0.3) is 0 Å². The van der Waals surface area contributed by atoms with Crippen LogP contribution in [0.15, 0.2) is 24.3 Å². The van der Waals surface area contributed by atoms with E-state index in [1.165, 1.54) is 24.8 Å². The molecule has 0 aliphatic heterocycles. The summed E-state index contributed by atoms with van der Waals surface area (Å²) in [5.74, 6) is 0.123. The number of hydrogen-bond acceptors (Lipinski definition) is 2. The fourth-order valence-electron chi connectivity index (χ4n) is 2.02. The zero-order chi connectivity index (χ0) is 13.9. The quantitative estimate of drug-likeness (QED) is 0.666. The highest BCUT2D eigenvalue weighted by molar-refractivity contribution is 5.90. The van der Waals surface area contributed by atoms with Crippen molar-refractivity contribution in [2.24, 2.45) is 0 Å². The third-order valence-electron chi connectivity index (χ3n) is 3.13. The lowest BCUT2D eigenvalue weighted by molar-refractivity contribution is -0.116. The zero-order valence-electron chi connectivity index (χ0n) is 12.2. The van der Waals surface area contributed by atoms with Crippen LogP contribution >= 0.6 is 0 Å². The average Bonchev–Trinajstić information content (AvgIpc) is 2.41. The van der Waals surface area contributed by atoms with E-state index in [1.807, 2.05) is 31.3 Å². The van der Waals surface area contributed by atoms with E-state index in [4.69, 9.17) is 0 Å². The fraction of sp³-hybridized carbons (Fsp3) is 0.562. The van der Waals surface area contributed by atoms with E-state index in [9.17, 15) is 4.79 Å². The summed E-state index contributed by atoms with van der Waals surface area (Å²) in [6, 6.07) is 7.99. The summed E-state index contributed by atoms with van der Waals surface area (Å²) in [5.41, 5.74) is 2.11. The fourth-order valence-corrected chi connectivity index (χ4v) is 2.02. The third kappa shape index (κ3) is 6.97. The Morgan fingerprint density at radius 3 is 2.37 bits per heavy atom. The van der Waals surface area contributed by atoms with Gasteiger partial charge in [0, 0.05) is 18.7 Å². The predicted octanol–water partition coefficient (Wildman–Crippen LogP) is 3.71. The van der Waals surface area contributed by atoms with Gasteiger partial charge in [-0.1, -0.05) is 44.7 Å². The Balaban J connectivity index is 2.24. The second-order valence-electron chi connectivity index (χ2n) is 4.94. The molecule has 2 N–H and O–H groups in total. The van der Waals surface area contributed by atoms with Crippen molar-refractivity contribution in [3.05, 3.63) is 29.8 Å². The highest BCUT2D eigenvalue weighted by Crippen LogP contribution is 2.11. The first-order valence-corrected chi connectivity index (χ1v) is 7.29. The molecule has 0 unspecified atom stereocenters. The number of benzene rings is 1. The first-order valence-electron chi connectivity index (χ1n) is 7.29. The van der Waals surface area contributed by atoms with Crippen LogP contribution in [0.4, 0.5) is 5.69 Å². The third-order valence-corrected chi connectivity index (χ3v) is 3.13. The summed E-state index contributed by atoms with van der Waals surface area (Å²) in [6.07, 6.45) is 6.52. The van der Waals surface area contributed by atoms with Crippen molar-refractivity contribution in [3.63, 3.8) is 0 Å². The Hall–Kier alpha value is -1.35. The van der Waals surface area contributed by atoms with Gasteiger partial charge in [0.15, 0.2) is 0 Å². The summed E-state index contributed by atoms with van der Waals surface area (Å²) < 4.78 is 0. The molecule has 0 saturated heterocycles. The summed E-state index contributed by atoms with van der Waals surface area (Å²) in [5, 5.41) is 6.04. The van der Waals surface area contributed by atoms with Crippen molar-refractivity contribution in [2.45, 2.75) is 52.0 Å². The molecule has 0 aliphatic carbocycles. The molecule has 3 nitrogen and oxygen atoms in total. The van der Waals surface area contributed by atoms with E-state index in [-0.39, 0.29) is 5.91 Å². The molecule has 0 bridgehead atoms. The van der Waals surface area contributed by atoms with E-state index in [1.54, 1.807) is 0 Å². The maximum absolute atomic E-state index is 11.7. The van der Waals surface area contributed by atoms with Crippen LogP contribution in [0, 0.1) is 0 Å². The summed E-state index contributed by atoms with van der Waals surface area (Å²) in [6.45, 7) is 3.05. The number of hydrogen-bond donors (Lipinski definition) is 2. The van der Waals surface area contributed by atoms with Gasteiger partial charge in [0.1, 0.15) is 0 Å². The summed E-state index contributed by atoms with van der Waals surface area (Å²) in [4.78, 5) is 11.7. The second kappa shape index (κ2) is 9.56. The minimum Gasteiger partial charge on any atom is -0.326 e. The smallest absolute Gasteiger partial charge is 0.224 e. The van der Waals surface area contributed by atoms with E-state index in [2.05, 4.69) is 17.6 Å². The van der Waals surface area contributed by atoms with Crippen molar-refractivity contribution in [1.82, 2.24) is 5.32 Å². The van der Waals surface area contributed by atoms with Crippen LogP contribution < -0.4 is 10.6 Å². The largest absolute Gasteiger partial charge is 0.326 e. The molecule has 0 radical (unpaired) electrons. The Morgan fingerprint density at radius 1 is 1.05 bits per heavy atom. The van der Waals surface area contributed by atoms with Crippen LogP contribution in [-0.2, 0) is 11.3 Å². The number of nitrogens with one attached hydrogen (secondary N) is 2. The van der Waals surface area contributed by atoms with Crippen LogP contribution in [0.25, 0.3) is 0 Å². The molecule has 0 spiro atoms. The Morgan fingerprint density at radius 2 is 1.74 bits per heavy atom. The van der Waals surface area contributed by atoms with E-state index >= 15 is 0 Å². The topological polar surface area (TPSA) is 41.1 Å². The lowest BCUT2D eigenvalue weighted by Gasteiger charge is -2.06. The maximum Gasteiger partial charge on any atom is 0.224 e. The van der Waals surface area contributed by atoms with Crippen LogP contribution in [0.1, 0.15) is 51.0 Å². The molecule has 0 atom stereocenters. The van der Waals surface area contributed by atoms with E-state index in [0.717, 1.165) is 25.1 Å². The number of rotatable bonds is 9. The lowest BCUT2D eigenvalue weighted by atomic mass is 10.1. The van der Waals surface area contributed by atoms with E-state index in [0.29, 0.717) is 6.42 Å². The maximum atomic E-state index is 11.7. The Labute approximate surface area is 116 Å². The molecule has 0 aromatic heterocycles. The van der Waals surface area contributed by atoms with Gasteiger partial charge in [-0.15, -0.1) is 0 Å². The van der Waals surface area contributed by atoms with Gasteiger partial charge in [0.2, 0.25) is 5.91 Å². The molecule has 0 fully saturated rings. The number of amides is 1. The highest BCUT2D eigenvalue weighted by atomic mass is 16.1. The van der Waals surface area contributed by atoms with Crippen molar-refractivity contribution >= 4 is 11.6 Å². The zero-order valence-corrected chi connectivity index (χ0v) is 12.2. The van der Waals surface area contributed by atoms with E-state index < -0.39 is 0 Å². The summed E-state index contributed by atoms with van der Waals surface area (Å²) in [7, 11) is 1.92. The lowest BCUT2D eigenvalue weighted by Crippen LogP contribution is -2.11. The average molecular weight is 262 g/mol. The van der Waals surface area contributed by atoms with Gasteiger partial charge in [-0.2, -0.15) is 0 Å². The predicted molar refractivity (Wildman–Crippen MR) is 81.2 cm³/mol. The molecule has 1 amide bonds. The monoisotopic (exact) mass is 262 g/mol. The van der Waals surface area contributed by atoms with Crippen LogP contribution in [0.3, 0.4) is 0 Å². The normalized spacial score (nSPS) is 10.4. The van der Waals surface area contributed by atoms with Gasteiger partial charge in [-0.3, -0.25) is 4.79 Å². The number of anilines is 1. The molecule has 0 aliphatic rings. The molecule has 0 saturated carbocycles. The molecule has 106 valence electrons. The van der Waals surface area contributed by atoms with Crippen LogP contribution in [0.5, 0.6) is 0 Å². The molecular formula is C16H26N2O. The first-order chi connectivity index (χ1) is 9.26. The SMILES string of the molecule is CCCCCCCC(=O)Nc1ccc(CNC)cc1. The second-order valence-corrected chi connectivity index (χ2v) is 4.94. The van der Waals surface area contributed by atoms with Gasteiger partial charge in [-0.05, 0) is 31.2 Å². The molecular weight excluding hydrogens is 236 g/mol. The molecule has 1 rings (SSSR count). The number of carbonyl (C=O) groups is 1. The van der Waals surface area contributed by atoms with Crippen molar-refractivity contribution in [2.75, 3.05) is 12.4 Å². The van der Waals surface area contributed by atoms with Gasteiger partial charge < -0.3 is 10.6 Å². The number of unbranched alkanes of at least 4 members (excludes halogenated alkanes) is 4. The van der Waals surface area contributed by atoms with Crippen molar-refractivity contribution in [1.29, 1.82) is 0 Å². The van der Waals surface area contributed by atoms with Gasteiger partial charge in [0.05, 0.1) is 0 Å². The molecule has 0 heterocycles. The van der Waals surface area contributed by atoms with Gasteiger partial charge >= 0.3 is 0 Å². The summed E-state index contributed by atoms with van der Waals surface area (Å²) >= 11 is 0. The minimum absolute atomic E-state index is 0.123. The number of carbonyl (C=O) groups excluding carboxylic acids is 1. The molecule has 1 aromatic rings. The van der Waals surface area contributed by atoms with Gasteiger partial charge in [-0.25, -0.2) is 0 Å². The van der Waals surface area contributed by atoms with Crippen LogP contribution in [0.2, 0.25) is 0 Å². The van der Waals surface area contributed by atoms with Crippen molar-refractivity contribution in [3.8, 4) is 0 Å². The Kier molecular flexibility index (Phi) is 7.91. The standard InChI is InChI=1S/C16H26N2O/c1-3-4-5-6-7-8-16(19)18-15-11-9-14(10-12-15)13-17-2/h9-12,17H,3-8,13H2,1-2H3,(H,18,19). The first kappa shape index (κ1) is 15.7. The Bertz CT molecular complexity index is 360. The molecule has 1 aromatic carbocycles. The molecule has 3 heteroatoms. The van der Waals surface area contributed by atoms with Crippen LogP contribution in [-0.4, -0.2) is 13.0 Å².